The number of hydrogen-bond donors (Lipinski definition) is 3. The summed E-state index contributed by atoms with van der Waals surface area (Å²) in [6.07, 6.45) is -0.203. The first-order valence-corrected chi connectivity index (χ1v) is 7.72. The molecule has 1 aromatic carbocycles. The number of nitrogens with one attached hydrogen (secondary N) is 1. The highest BCUT2D eigenvalue weighted by Crippen LogP contribution is 2.17. The molecule has 0 aromatic heterocycles. The second kappa shape index (κ2) is 9.34. The van der Waals surface area contributed by atoms with Crippen molar-refractivity contribution in [1.82, 2.24) is 5.32 Å². The van der Waals surface area contributed by atoms with Crippen LogP contribution in [-0.2, 0) is 0 Å². The Morgan fingerprint density at radius 1 is 1.20 bits per heavy atom. The zero-order chi connectivity index (χ0) is 15.0. The quantitative estimate of drug-likeness (QED) is 0.642. The van der Waals surface area contributed by atoms with Gasteiger partial charge in [0.25, 0.3) is 0 Å². The third kappa shape index (κ3) is 7.85. The molecule has 0 aliphatic heterocycles. The maximum atomic E-state index is 9.79. The fourth-order valence-electron chi connectivity index (χ4n) is 1.85. The van der Waals surface area contributed by atoms with Gasteiger partial charge in [0.15, 0.2) is 0 Å². The van der Waals surface area contributed by atoms with Crippen molar-refractivity contribution in [3.63, 3.8) is 0 Å². The van der Waals surface area contributed by atoms with Gasteiger partial charge in [-0.3, -0.25) is 0 Å². The fraction of sp³-hybridized carbons (Fsp3) is 0.600. The lowest BCUT2D eigenvalue weighted by molar-refractivity contribution is 0.0965. The molecule has 0 saturated carbocycles. The van der Waals surface area contributed by atoms with E-state index in [-0.39, 0.29) is 12.7 Å². The predicted octanol–water partition coefficient (Wildman–Crippen LogP) is 2.19. The molecule has 0 saturated heterocycles. The summed E-state index contributed by atoms with van der Waals surface area (Å²) in [6.45, 7) is 5.27. The number of halogens is 1. The molecular formula is C15H24BrNO3. The van der Waals surface area contributed by atoms with Crippen LogP contribution in [0.15, 0.2) is 28.7 Å². The van der Waals surface area contributed by atoms with Crippen LogP contribution in [0, 0.1) is 5.92 Å². The summed E-state index contributed by atoms with van der Waals surface area (Å²) in [5.41, 5.74) is 0. The summed E-state index contributed by atoms with van der Waals surface area (Å²) in [7, 11) is 0. The van der Waals surface area contributed by atoms with Crippen molar-refractivity contribution in [2.75, 3.05) is 19.7 Å². The first-order valence-electron chi connectivity index (χ1n) is 6.92. The Bertz CT molecular complexity index is 387. The first kappa shape index (κ1) is 17.4. The number of rotatable bonds is 9. The molecule has 2 unspecified atom stereocenters. The van der Waals surface area contributed by atoms with Crippen LogP contribution in [0.25, 0.3) is 0 Å². The number of hydrogen-bond acceptors (Lipinski definition) is 4. The molecule has 0 aliphatic carbocycles. The van der Waals surface area contributed by atoms with Crippen LogP contribution in [0.5, 0.6) is 5.75 Å². The van der Waals surface area contributed by atoms with Crippen LogP contribution in [0.2, 0.25) is 0 Å². The molecule has 0 radical (unpaired) electrons. The second-order valence-electron chi connectivity index (χ2n) is 5.36. The van der Waals surface area contributed by atoms with Crippen LogP contribution in [0.4, 0.5) is 0 Å². The van der Waals surface area contributed by atoms with Crippen molar-refractivity contribution in [1.29, 1.82) is 0 Å². The Kier molecular flexibility index (Phi) is 8.14. The normalized spacial score (nSPS) is 14.3. The highest BCUT2D eigenvalue weighted by atomic mass is 79.9. The molecule has 0 bridgehead atoms. The Morgan fingerprint density at radius 2 is 1.90 bits per heavy atom. The second-order valence-corrected chi connectivity index (χ2v) is 6.28. The van der Waals surface area contributed by atoms with E-state index in [1.54, 1.807) is 0 Å². The zero-order valence-electron chi connectivity index (χ0n) is 12.1. The van der Waals surface area contributed by atoms with Crippen LogP contribution in [0.3, 0.4) is 0 Å². The van der Waals surface area contributed by atoms with E-state index in [2.05, 4.69) is 35.1 Å². The highest BCUT2D eigenvalue weighted by Gasteiger charge is 2.09. The lowest BCUT2D eigenvalue weighted by Crippen LogP contribution is -2.36. The molecule has 0 spiro atoms. The Hall–Kier alpha value is -0.620. The monoisotopic (exact) mass is 345 g/mol. The van der Waals surface area contributed by atoms with Gasteiger partial charge in [-0.15, -0.1) is 0 Å². The molecule has 20 heavy (non-hydrogen) atoms. The van der Waals surface area contributed by atoms with E-state index in [9.17, 15) is 10.2 Å². The van der Waals surface area contributed by atoms with E-state index in [1.807, 2.05) is 24.3 Å². The van der Waals surface area contributed by atoms with E-state index >= 15 is 0 Å². The van der Waals surface area contributed by atoms with Crippen molar-refractivity contribution in [2.45, 2.75) is 32.5 Å². The Morgan fingerprint density at radius 3 is 2.55 bits per heavy atom. The lowest BCUT2D eigenvalue weighted by atomic mass is 10.1. The van der Waals surface area contributed by atoms with E-state index < -0.39 is 6.10 Å². The molecular weight excluding hydrogens is 322 g/mol. The van der Waals surface area contributed by atoms with Gasteiger partial charge < -0.3 is 20.3 Å². The minimum absolute atomic E-state index is 0.226. The molecule has 114 valence electrons. The molecule has 2 atom stereocenters. The number of ether oxygens (including phenoxy) is 1. The van der Waals surface area contributed by atoms with Gasteiger partial charge in [-0.1, -0.05) is 35.8 Å². The molecule has 0 amide bonds. The summed E-state index contributed by atoms with van der Waals surface area (Å²) in [6, 6.07) is 7.50. The van der Waals surface area contributed by atoms with Crippen LogP contribution in [0.1, 0.15) is 20.3 Å². The van der Waals surface area contributed by atoms with Crippen molar-refractivity contribution in [2.24, 2.45) is 5.92 Å². The predicted molar refractivity (Wildman–Crippen MR) is 84.0 cm³/mol. The number of benzene rings is 1. The van der Waals surface area contributed by atoms with Crippen molar-refractivity contribution in [3.8, 4) is 5.75 Å². The average molecular weight is 346 g/mol. The first-order chi connectivity index (χ1) is 9.47. The molecule has 3 N–H and O–H groups in total. The summed E-state index contributed by atoms with van der Waals surface area (Å²) in [5.74, 6) is 1.19. The summed E-state index contributed by atoms with van der Waals surface area (Å²) < 4.78 is 6.43. The van der Waals surface area contributed by atoms with Crippen molar-refractivity contribution in [3.05, 3.63) is 28.7 Å². The maximum Gasteiger partial charge on any atom is 0.120 e. The van der Waals surface area contributed by atoms with Gasteiger partial charge in [0, 0.05) is 17.6 Å². The minimum Gasteiger partial charge on any atom is -0.491 e. The van der Waals surface area contributed by atoms with E-state index in [4.69, 9.17) is 4.74 Å². The summed E-state index contributed by atoms with van der Waals surface area (Å²) >= 11 is 3.36. The summed E-state index contributed by atoms with van der Waals surface area (Å²) in [4.78, 5) is 0. The molecule has 5 heteroatoms. The molecule has 0 fully saturated rings. The van der Waals surface area contributed by atoms with Crippen LogP contribution in [-0.4, -0.2) is 42.1 Å². The van der Waals surface area contributed by atoms with Gasteiger partial charge in [0.05, 0.1) is 6.10 Å². The van der Waals surface area contributed by atoms with Gasteiger partial charge in [-0.2, -0.15) is 0 Å². The maximum absolute atomic E-state index is 9.79. The van der Waals surface area contributed by atoms with Crippen LogP contribution < -0.4 is 10.1 Å². The average Bonchev–Trinajstić information content (AvgIpc) is 2.35. The van der Waals surface area contributed by atoms with E-state index in [0.29, 0.717) is 19.0 Å². The number of aliphatic hydroxyl groups is 2. The molecule has 1 aromatic rings. The topological polar surface area (TPSA) is 61.7 Å². The van der Waals surface area contributed by atoms with Gasteiger partial charge in [-0.05, 0) is 30.5 Å². The van der Waals surface area contributed by atoms with Gasteiger partial charge in [0.2, 0.25) is 0 Å². The van der Waals surface area contributed by atoms with Crippen molar-refractivity contribution < 1.29 is 14.9 Å². The molecule has 0 heterocycles. The van der Waals surface area contributed by atoms with Crippen molar-refractivity contribution >= 4 is 15.9 Å². The Balaban J connectivity index is 2.16. The molecule has 4 nitrogen and oxygen atoms in total. The molecule has 1 rings (SSSR count). The highest BCUT2D eigenvalue weighted by molar-refractivity contribution is 9.10. The largest absolute Gasteiger partial charge is 0.491 e. The Labute approximate surface area is 129 Å². The van der Waals surface area contributed by atoms with Gasteiger partial charge >= 0.3 is 0 Å². The van der Waals surface area contributed by atoms with E-state index in [1.165, 1.54) is 0 Å². The third-order valence-corrected chi connectivity index (χ3v) is 3.24. The van der Waals surface area contributed by atoms with Gasteiger partial charge in [0.1, 0.15) is 18.5 Å². The lowest BCUT2D eigenvalue weighted by Gasteiger charge is -2.16. The smallest absolute Gasteiger partial charge is 0.120 e. The minimum atomic E-state index is -0.597. The molecule has 0 aliphatic rings. The zero-order valence-corrected chi connectivity index (χ0v) is 13.6. The standard InChI is InChI=1S/C15H24BrNO3/c1-11(2)6-13(18)8-17-9-14(19)10-20-15-5-3-4-12(16)7-15/h3-5,7,11,13-14,17-19H,6,8-10H2,1-2H3. The van der Waals surface area contributed by atoms with Gasteiger partial charge in [-0.25, -0.2) is 0 Å². The number of aliphatic hydroxyl groups excluding tert-OH is 2. The third-order valence-electron chi connectivity index (χ3n) is 2.74. The van der Waals surface area contributed by atoms with Crippen LogP contribution >= 0.6 is 15.9 Å². The van der Waals surface area contributed by atoms with E-state index in [0.717, 1.165) is 16.6 Å². The SMILES string of the molecule is CC(C)CC(O)CNCC(O)COc1cccc(Br)c1. The summed E-state index contributed by atoms with van der Waals surface area (Å²) in [5, 5.41) is 22.5. The fourth-order valence-corrected chi connectivity index (χ4v) is 2.23.